The molecule has 8 rings (SSSR count). The van der Waals surface area contributed by atoms with Crippen molar-refractivity contribution in [1.82, 2.24) is 24.1 Å². The van der Waals surface area contributed by atoms with Gasteiger partial charge in [-0.15, -0.1) is 22.7 Å². The van der Waals surface area contributed by atoms with Gasteiger partial charge in [0.1, 0.15) is 38.5 Å². The van der Waals surface area contributed by atoms with Crippen LogP contribution in [0.25, 0.3) is 38.0 Å². The molecule has 0 radical (unpaired) electrons. The molecule has 0 bridgehead atoms. The fourth-order valence-corrected chi connectivity index (χ4v) is 7.49. The first kappa shape index (κ1) is 27.0. The Hall–Kier alpha value is -5.62. The van der Waals surface area contributed by atoms with Gasteiger partial charge in [0.25, 0.3) is 0 Å². The summed E-state index contributed by atoms with van der Waals surface area (Å²) >= 11 is 3.03. The van der Waals surface area contributed by atoms with Gasteiger partial charge in [-0.1, -0.05) is 91.0 Å². The molecule has 0 saturated heterocycles. The first-order valence-electron chi connectivity index (χ1n) is 14.4. The second-order valence-corrected chi connectivity index (χ2v) is 12.5. The van der Waals surface area contributed by atoms with Crippen molar-refractivity contribution in [1.29, 1.82) is 5.26 Å². The zero-order valence-corrected chi connectivity index (χ0v) is 25.5. The highest BCUT2D eigenvalue weighted by atomic mass is 32.1. The molecule has 5 heterocycles. The summed E-state index contributed by atoms with van der Waals surface area (Å²) in [7, 11) is 0. The number of hydrogen-bond acceptors (Lipinski definition) is 6. The highest BCUT2D eigenvalue weighted by Crippen LogP contribution is 2.44. The van der Waals surface area contributed by atoms with E-state index in [4.69, 9.17) is 5.10 Å². The molecule has 0 unspecified atom stereocenters. The van der Waals surface area contributed by atoms with Crippen LogP contribution < -0.4 is 0 Å². The lowest BCUT2D eigenvalue weighted by Crippen LogP contribution is -2.38. The number of nitriles is 1. The monoisotopic (exact) mass is 616 g/mol. The number of imidazole rings is 1. The topological polar surface area (TPSA) is 71.8 Å². The summed E-state index contributed by atoms with van der Waals surface area (Å²) in [5.74, 6) is 0. The van der Waals surface area contributed by atoms with Gasteiger partial charge in [0.05, 0.1) is 11.1 Å². The summed E-state index contributed by atoms with van der Waals surface area (Å²) in [4.78, 5) is 10.7. The fourth-order valence-electron chi connectivity index (χ4n) is 6.05. The Morgan fingerprint density at radius 3 is 1.96 bits per heavy atom. The summed E-state index contributed by atoms with van der Waals surface area (Å²) in [6.07, 6.45) is 7.94. The average molecular weight is 617 g/mol. The van der Waals surface area contributed by atoms with Crippen molar-refractivity contribution in [2.45, 2.75) is 5.54 Å². The van der Waals surface area contributed by atoms with E-state index in [2.05, 4.69) is 116 Å². The van der Waals surface area contributed by atoms with E-state index in [0.717, 1.165) is 54.7 Å². The number of pyridine rings is 1. The Bertz CT molecular complexity index is 2180. The van der Waals surface area contributed by atoms with Gasteiger partial charge in [0, 0.05) is 35.1 Å². The number of aromatic nitrogens is 5. The van der Waals surface area contributed by atoms with Gasteiger partial charge >= 0.3 is 0 Å². The van der Waals surface area contributed by atoms with Crippen molar-refractivity contribution < 1.29 is 0 Å². The minimum Gasteiger partial charge on any atom is -0.297 e. The summed E-state index contributed by atoms with van der Waals surface area (Å²) in [6.45, 7) is 0. The zero-order chi connectivity index (χ0) is 30.2. The van der Waals surface area contributed by atoms with E-state index in [0.29, 0.717) is 4.88 Å². The second-order valence-electron chi connectivity index (χ2n) is 10.5. The van der Waals surface area contributed by atoms with Gasteiger partial charge in [-0.25, -0.2) is 9.97 Å². The maximum atomic E-state index is 9.70. The van der Waals surface area contributed by atoms with Gasteiger partial charge < -0.3 is 0 Å². The first-order valence-corrected chi connectivity index (χ1v) is 16.1. The van der Waals surface area contributed by atoms with Gasteiger partial charge in [-0.3, -0.25) is 9.08 Å². The summed E-state index contributed by atoms with van der Waals surface area (Å²) in [5.41, 5.74) is 7.00. The highest BCUT2D eigenvalue weighted by Gasteiger charge is 2.40. The minimum absolute atomic E-state index is 0.641. The molecule has 3 aromatic carbocycles. The van der Waals surface area contributed by atoms with Crippen LogP contribution in [0.2, 0.25) is 0 Å². The molecule has 0 spiro atoms. The Morgan fingerprint density at radius 1 is 0.711 bits per heavy atom. The average Bonchev–Trinajstić information content (AvgIpc) is 3.93. The van der Waals surface area contributed by atoms with Crippen molar-refractivity contribution in [3.63, 3.8) is 0 Å². The van der Waals surface area contributed by atoms with E-state index in [-0.39, 0.29) is 0 Å². The van der Waals surface area contributed by atoms with E-state index < -0.39 is 5.54 Å². The zero-order valence-electron chi connectivity index (χ0n) is 23.9. The number of fused-ring (bicyclic) bond motifs is 1. The van der Waals surface area contributed by atoms with Crippen LogP contribution in [0.1, 0.15) is 21.6 Å². The molecule has 0 aliphatic rings. The molecule has 0 N–H and O–H groups in total. The van der Waals surface area contributed by atoms with Crippen LogP contribution in [0, 0.1) is 11.3 Å². The first-order chi connectivity index (χ1) is 22.3. The van der Waals surface area contributed by atoms with Crippen LogP contribution >= 0.6 is 22.7 Å². The van der Waals surface area contributed by atoms with Crippen molar-refractivity contribution >= 4 is 28.3 Å². The standard InChI is InChI=1S/C37H24N6S2/c38-22-30-17-18-33(45-30)35-31(26-16-19-34-40-23-32(42(34)24-26)36-39-20-21-44-36)25-43(41-35)37(27-10-4-1-5-11-27,28-12-6-2-7-13-28)29-14-8-3-9-15-29/h1-21,23-25H. The van der Waals surface area contributed by atoms with Crippen LogP contribution in [0.3, 0.4) is 0 Å². The Kier molecular flexibility index (Phi) is 6.68. The van der Waals surface area contributed by atoms with E-state index in [1.54, 1.807) is 11.3 Å². The molecule has 0 saturated carbocycles. The molecule has 0 amide bonds. The number of rotatable bonds is 7. The van der Waals surface area contributed by atoms with E-state index in [9.17, 15) is 5.26 Å². The summed E-state index contributed by atoms with van der Waals surface area (Å²) < 4.78 is 4.19. The van der Waals surface area contributed by atoms with Crippen LogP contribution in [-0.2, 0) is 5.54 Å². The summed E-state index contributed by atoms with van der Waals surface area (Å²) in [5, 5.41) is 18.0. The SMILES string of the molecule is N#Cc1ccc(-c2nn(C(c3ccccc3)(c3ccccc3)c3ccccc3)cc2-c2ccc3ncc(-c4nccs4)n3c2)s1. The third-order valence-corrected chi connectivity index (χ3v) is 9.84. The van der Waals surface area contributed by atoms with Gasteiger partial charge in [0.15, 0.2) is 0 Å². The lowest BCUT2D eigenvalue weighted by atomic mass is 9.77. The van der Waals surface area contributed by atoms with Crippen LogP contribution in [-0.4, -0.2) is 24.1 Å². The maximum absolute atomic E-state index is 9.70. The van der Waals surface area contributed by atoms with Gasteiger partial charge in [0.2, 0.25) is 0 Å². The predicted octanol–water partition coefficient (Wildman–Crippen LogP) is 8.76. The van der Waals surface area contributed by atoms with Crippen LogP contribution in [0.4, 0.5) is 0 Å². The number of thiophene rings is 1. The van der Waals surface area contributed by atoms with Crippen LogP contribution in [0.5, 0.6) is 0 Å². The van der Waals surface area contributed by atoms with Crippen molar-refractivity contribution in [2.24, 2.45) is 0 Å². The minimum atomic E-state index is -0.781. The molecule has 6 nitrogen and oxygen atoms in total. The normalized spacial score (nSPS) is 11.5. The fraction of sp³-hybridized carbons (Fsp3) is 0.0270. The molecule has 214 valence electrons. The number of hydrogen-bond donors (Lipinski definition) is 0. The van der Waals surface area contributed by atoms with E-state index >= 15 is 0 Å². The molecule has 0 aliphatic carbocycles. The van der Waals surface area contributed by atoms with E-state index in [1.807, 2.05) is 54.2 Å². The van der Waals surface area contributed by atoms with Crippen molar-refractivity contribution in [3.8, 4) is 38.5 Å². The molecule has 0 aliphatic heterocycles. The quantitative estimate of drug-likeness (QED) is 0.168. The smallest absolute Gasteiger partial charge is 0.141 e. The van der Waals surface area contributed by atoms with E-state index in [1.165, 1.54) is 11.3 Å². The predicted molar refractivity (Wildman–Crippen MR) is 180 cm³/mol. The molecule has 45 heavy (non-hydrogen) atoms. The Balaban J connectivity index is 1.44. The van der Waals surface area contributed by atoms with Gasteiger partial charge in [-0.2, -0.15) is 10.4 Å². The lowest BCUT2D eigenvalue weighted by Gasteiger charge is -2.36. The van der Waals surface area contributed by atoms with Crippen molar-refractivity contribution in [2.75, 3.05) is 0 Å². The van der Waals surface area contributed by atoms with Crippen LogP contribution in [0.15, 0.2) is 145 Å². The Labute approximate surface area is 267 Å². The molecule has 8 aromatic rings. The number of benzene rings is 3. The molecule has 5 aromatic heterocycles. The van der Waals surface area contributed by atoms with Crippen molar-refractivity contribution in [3.05, 3.63) is 167 Å². The van der Waals surface area contributed by atoms with Gasteiger partial charge in [-0.05, 0) is 41.0 Å². The molecular formula is C37H24N6S2. The highest BCUT2D eigenvalue weighted by molar-refractivity contribution is 7.16. The number of nitrogens with zero attached hydrogens (tertiary/aromatic N) is 6. The molecule has 0 fully saturated rings. The third kappa shape index (κ3) is 4.49. The largest absolute Gasteiger partial charge is 0.297 e. The molecule has 0 atom stereocenters. The molecular weight excluding hydrogens is 593 g/mol. The maximum Gasteiger partial charge on any atom is 0.141 e. The number of thiazole rings is 1. The summed E-state index contributed by atoms with van der Waals surface area (Å²) in [6, 6.07) is 41.8. The third-order valence-electron chi connectivity index (χ3n) is 8.05. The molecule has 8 heteroatoms. The second kappa shape index (κ2) is 11.1. The Morgan fingerprint density at radius 2 is 1.38 bits per heavy atom. The lowest BCUT2D eigenvalue weighted by molar-refractivity contribution is 0.461.